The number of carbonyl (C=O) groups is 1. The van der Waals surface area contributed by atoms with Crippen molar-refractivity contribution in [1.82, 2.24) is 0 Å². The molecule has 3 aliphatic rings. The summed E-state index contributed by atoms with van der Waals surface area (Å²) in [4.78, 5) is 14.1. The minimum absolute atomic E-state index is 0.0295. The second-order valence-corrected chi connectivity index (χ2v) is 12.0. The van der Waals surface area contributed by atoms with Crippen molar-refractivity contribution in [2.24, 2.45) is 29.6 Å². The standard InChI is InChI=1S/C36H44O6/c1-21(2)8-7-9-22(3)27-20-28-23(4)16-29(27)36(35(28)25-12-15-31(39)34(18-25)42-6)32(40)19-26(37)13-10-24-11-14-30(38)33(17-24)41-5/h8,10-19,22,27-29,35-39H,7,9,20H2,1-6H3/b13-10+,26-19-/t22?,27-,28?,29?,35-,36+/m1/s1. The number of allylic oxidation sites excluding steroid dienone is 6. The van der Waals surface area contributed by atoms with Gasteiger partial charge in [-0.05, 0) is 105 Å². The molecule has 0 spiro atoms. The van der Waals surface area contributed by atoms with E-state index in [4.69, 9.17) is 9.47 Å². The van der Waals surface area contributed by atoms with Crippen molar-refractivity contribution < 1.29 is 29.6 Å². The fourth-order valence-corrected chi connectivity index (χ4v) is 6.91. The fraction of sp³-hybridized carbons (Fsp3) is 0.417. The normalized spacial score (nSPS) is 24.3. The molecule has 3 aliphatic carbocycles. The van der Waals surface area contributed by atoms with E-state index >= 15 is 0 Å². The van der Waals surface area contributed by atoms with Crippen LogP contribution in [0.2, 0.25) is 0 Å². The van der Waals surface area contributed by atoms with E-state index in [1.807, 2.05) is 12.1 Å². The summed E-state index contributed by atoms with van der Waals surface area (Å²) in [5.74, 6) is 1.09. The number of phenols is 2. The van der Waals surface area contributed by atoms with Gasteiger partial charge in [0.25, 0.3) is 0 Å². The average Bonchev–Trinajstić information content (AvgIpc) is 2.96. The Balaban J connectivity index is 1.68. The number of phenolic OH excluding ortho intramolecular Hbond substituents is 2. The van der Waals surface area contributed by atoms with Crippen LogP contribution >= 0.6 is 0 Å². The van der Waals surface area contributed by atoms with Crippen LogP contribution in [0.25, 0.3) is 6.08 Å². The molecule has 0 aliphatic heterocycles. The number of methoxy groups -OCH3 is 2. The molecule has 224 valence electrons. The topological polar surface area (TPSA) is 96.2 Å². The van der Waals surface area contributed by atoms with E-state index in [9.17, 15) is 20.1 Å². The summed E-state index contributed by atoms with van der Waals surface area (Å²) in [6.45, 7) is 8.70. The maximum atomic E-state index is 14.1. The average molecular weight is 573 g/mol. The highest BCUT2D eigenvalue weighted by Gasteiger charge is 2.51. The Morgan fingerprint density at radius 3 is 2.38 bits per heavy atom. The lowest BCUT2D eigenvalue weighted by atomic mass is 9.51. The Labute approximate surface area is 249 Å². The maximum Gasteiger partial charge on any atom is 0.163 e. The molecule has 3 unspecified atom stereocenters. The molecule has 6 atom stereocenters. The van der Waals surface area contributed by atoms with Crippen LogP contribution in [0.5, 0.6) is 23.0 Å². The molecule has 6 heteroatoms. The lowest BCUT2D eigenvalue weighted by Gasteiger charge is -2.52. The van der Waals surface area contributed by atoms with Gasteiger partial charge in [-0.2, -0.15) is 0 Å². The molecule has 1 saturated carbocycles. The quantitative estimate of drug-likeness (QED) is 0.109. The van der Waals surface area contributed by atoms with E-state index < -0.39 is 0 Å². The van der Waals surface area contributed by atoms with Gasteiger partial charge in [0.05, 0.1) is 14.2 Å². The molecule has 2 aromatic rings. The summed E-state index contributed by atoms with van der Waals surface area (Å²) in [5.41, 5.74) is 4.28. The van der Waals surface area contributed by atoms with Crippen molar-refractivity contribution in [3.8, 4) is 23.0 Å². The van der Waals surface area contributed by atoms with E-state index in [1.165, 1.54) is 43.6 Å². The first kappa shape index (κ1) is 31.0. The fourth-order valence-electron chi connectivity index (χ4n) is 6.91. The second-order valence-electron chi connectivity index (χ2n) is 12.0. The summed E-state index contributed by atoms with van der Waals surface area (Å²) in [7, 11) is 3.00. The number of ketones is 1. The molecule has 2 bridgehead atoms. The summed E-state index contributed by atoms with van der Waals surface area (Å²) >= 11 is 0. The Morgan fingerprint density at radius 1 is 1.05 bits per heavy atom. The second kappa shape index (κ2) is 13.4. The zero-order valence-electron chi connectivity index (χ0n) is 25.5. The van der Waals surface area contributed by atoms with Crippen LogP contribution in [-0.4, -0.2) is 35.3 Å². The lowest BCUT2D eigenvalue weighted by Crippen LogP contribution is -2.47. The monoisotopic (exact) mass is 572 g/mol. The van der Waals surface area contributed by atoms with Gasteiger partial charge in [0.15, 0.2) is 28.8 Å². The SMILES string of the molecule is COc1cc(/C=C/C(O)=C/C(=O)[C@@H]2C3C=C(C)C(C[C@@H]3C(C)CCC=C(C)C)[C@H]2c2ccc(O)c(OC)c2)ccc1O. The first-order valence-electron chi connectivity index (χ1n) is 14.7. The van der Waals surface area contributed by atoms with E-state index in [-0.39, 0.29) is 46.7 Å². The number of hydrogen-bond donors (Lipinski definition) is 3. The van der Waals surface area contributed by atoms with E-state index in [0.717, 1.165) is 24.8 Å². The Kier molecular flexibility index (Phi) is 9.87. The van der Waals surface area contributed by atoms with Crippen LogP contribution in [-0.2, 0) is 4.79 Å². The minimum Gasteiger partial charge on any atom is -0.508 e. The molecule has 0 aromatic heterocycles. The van der Waals surface area contributed by atoms with Crippen molar-refractivity contribution >= 4 is 11.9 Å². The first-order valence-corrected chi connectivity index (χ1v) is 14.7. The first-order chi connectivity index (χ1) is 20.0. The van der Waals surface area contributed by atoms with Crippen LogP contribution in [0.4, 0.5) is 0 Å². The molecule has 0 heterocycles. The number of aliphatic hydroxyl groups excluding tert-OH is 1. The van der Waals surface area contributed by atoms with Gasteiger partial charge >= 0.3 is 0 Å². The molecule has 3 N–H and O–H groups in total. The molecule has 0 amide bonds. The molecule has 6 nitrogen and oxygen atoms in total. The van der Waals surface area contributed by atoms with Gasteiger partial charge in [0, 0.05) is 17.9 Å². The Hall–Kier alpha value is -3.93. The highest BCUT2D eigenvalue weighted by atomic mass is 16.5. The molecule has 0 saturated heterocycles. The summed E-state index contributed by atoms with van der Waals surface area (Å²) in [6.07, 6.45) is 12.2. The maximum absolute atomic E-state index is 14.1. The number of aromatic hydroxyl groups is 2. The van der Waals surface area contributed by atoms with E-state index in [1.54, 1.807) is 24.3 Å². The van der Waals surface area contributed by atoms with Crippen molar-refractivity contribution in [2.45, 2.75) is 52.9 Å². The van der Waals surface area contributed by atoms with Crippen LogP contribution in [0.3, 0.4) is 0 Å². The molecule has 0 radical (unpaired) electrons. The third-order valence-corrected chi connectivity index (χ3v) is 9.06. The van der Waals surface area contributed by atoms with Crippen LogP contribution in [0.15, 0.2) is 77.6 Å². The number of hydrogen-bond acceptors (Lipinski definition) is 6. The highest BCUT2D eigenvalue weighted by molar-refractivity contribution is 5.94. The van der Waals surface area contributed by atoms with Gasteiger partial charge in [-0.3, -0.25) is 4.79 Å². The third kappa shape index (κ3) is 6.75. The zero-order chi connectivity index (χ0) is 30.6. The van der Waals surface area contributed by atoms with E-state index in [0.29, 0.717) is 28.9 Å². The number of benzene rings is 2. The lowest BCUT2D eigenvalue weighted by molar-refractivity contribution is -0.123. The number of carbonyl (C=O) groups excluding carboxylic acids is 1. The molecule has 1 fully saturated rings. The largest absolute Gasteiger partial charge is 0.508 e. The number of ether oxygens (including phenoxy) is 2. The zero-order valence-corrected chi connectivity index (χ0v) is 25.5. The predicted octanol–water partition coefficient (Wildman–Crippen LogP) is 8.13. The van der Waals surface area contributed by atoms with Crippen molar-refractivity contribution in [3.63, 3.8) is 0 Å². The van der Waals surface area contributed by atoms with E-state index in [2.05, 4.69) is 39.8 Å². The summed E-state index contributed by atoms with van der Waals surface area (Å²) < 4.78 is 10.6. The van der Waals surface area contributed by atoms with Gasteiger partial charge in [-0.25, -0.2) is 0 Å². The van der Waals surface area contributed by atoms with Crippen LogP contribution in [0.1, 0.15) is 64.0 Å². The van der Waals surface area contributed by atoms with Crippen LogP contribution < -0.4 is 9.47 Å². The minimum atomic E-state index is -0.359. The van der Waals surface area contributed by atoms with Gasteiger partial charge in [0.1, 0.15) is 5.76 Å². The van der Waals surface area contributed by atoms with Gasteiger partial charge < -0.3 is 24.8 Å². The Morgan fingerprint density at radius 2 is 1.71 bits per heavy atom. The molecule has 42 heavy (non-hydrogen) atoms. The smallest absolute Gasteiger partial charge is 0.163 e. The molecular formula is C36H44O6. The van der Waals surface area contributed by atoms with Gasteiger partial charge in [-0.1, -0.05) is 48.4 Å². The molecule has 2 aromatic carbocycles. The highest BCUT2D eigenvalue weighted by Crippen LogP contribution is 2.58. The van der Waals surface area contributed by atoms with Crippen LogP contribution in [0, 0.1) is 29.6 Å². The van der Waals surface area contributed by atoms with Gasteiger partial charge in [-0.15, -0.1) is 0 Å². The summed E-state index contributed by atoms with van der Waals surface area (Å²) in [5, 5.41) is 31.0. The van der Waals surface area contributed by atoms with Crippen molar-refractivity contribution in [3.05, 3.63) is 88.7 Å². The third-order valence-electron chi connectivity index (χ3n) is 9.06. The summed E-state index contributed by atoms with van der Waals surface area (Å²) in [6, 6.07) is 10.3. The molecular weight excluding hydrogens is 528 g/mol. The number of fused-ring (bicyclic) bond motifs is 2. The van der Waals surface area contributed by atoms with Crippen molar-refractivity contribution in [2.75, 3.05) is 14.2 Å². The number of aliphatic hydroxyl groups is 1. The van der Waals surface area contributed by atoms with Crippen molar-refractivity contribution in [1.29, 1.82) is 0 Å². The number of rotatable bonds is 11. The molecule has 5 rings (SSSR count). The predicted molar refractivity (Wildman–Crippen MR) is 167 cm³/mol. The Bertz CT molecular complexity index is 1410. The van der Waals surface area contributed by atoms with Gasteiger partial charge in [0.2, 0.25) is 0 Å².